The van der Waals surface area contributed by atoms with E-state index in [1.807, 2.05) is 12.3 Å². The van der Waals surface area contributed by atoms with Gasteiger partial charge in [-0.15, -0.1) is 11.3 Å². The Balaban J connectivity index is 1.62. The van der Waals surface area contributed by atoms with Crippen molar-refractivity contribution in [3.05, 3.63) is 16.1 Å². The molecule has 1 fully saturated rings. The van der Waals surface area contributed by atoms with Crippen molar-refractivity contribution in [3.63, 3.8) is 0 Å². The highest BCUT2D eigenvalue weighted by Gasteiger charge is 2.15. The van der Waals surface area contributed by atoms with Gasteiger partial charge in [0.2, 0.25) is 0 Å². The number of aryl methyl sites for hydroxylation is 1. The second kappa shape index (κ2) is 7.01. The lowest BCUT2D eigenvalue weighted by molar-refractivity contribution is 0.0945. The van der Waals surface area contributed by atoms with Crippen molar-refractivity contribution in [2.24, 2.45) is 5.92 Å². The predicted octanol–water partition coefficient (Wildman–Crippen LogP) is 2.30. The van der Waals surface area contributed by atoms with E-state index >= 15 is 0 Å². The van der Waals surface area contributed by atoms with Crippen molar-refractivity contribution < 1.29 is 4.79 Å². The van der Waals surface area contributed by atoms with Crippen molar-refractivity contribution in [1.29, 1.82) is 0 Å². The average Bonchev–Trinajstić information content (AvgIpc) is 2.81. The molecule has 0 spiro atoms. The maximum atomic E-state index is 11.8. The molecule has 0 aromatic carbocycles. The van der Waals surface area contributed by atoms with E-state index in [9.17, 15) is 4.79 Å². The molecule has 0 saturated carbocycles. The summed E-state index contributed by atoms with van der Waals surface area (Å²) < 4.78 is 0. The summed E-state index contributed by atoms with van der Waals surface area (Å²) in [7, 11) is 0. The lowest BCUT2D eigenvalue weighted by atomic mass is 10.0. The van der Waals surface area contributed by atoms with Crippen LogP contribution in [0.4, 0.5) is 0 Å². The molecule has 19 heavy (non-hydrogen) atoms. The van der Waals surface area contributed by atoms with Gasteiger partial charge in [0, 0.05) is 18.5 Å². The molecule has 0 aliphatic carbocycles. The third-order valence-electron chi connectivity index (χ3n) is 3.53. The van der Waals surface area contributed by atoms with E-state index in [0.717, 1.165) is 30.4 Å². The molecule has 1 aliphatic heterocycles. The van der Waals surface area contributed by atoms with Gasteiger partial charge < -0.3 is 10.2 Å². The van der Waals surface area contributed by atoms with Gasteiger partial charge >= 0.3 is 0 Å². The molecule has 2 heterocycles. The monoisotopic (exact) mass is 281 g/mol. The van der Waals surface area contributed by atoms with Gasteiger partial charge in [0.1, 0.15) is 5.69 Å². The number of hydrogen-bond donors (Lipinski definition) is 1. The molecular formula is C14H23N3OS. The van der Waals surface area contributed by atoms with Crippen LogP contribution in [0.5, 0.6) is 0 Å². The van der Waals surface area contributed by atoms with Crippen LogP contribution in [0, 0.1) is 12.8 Å². The minimum absolute atomic E-state index is 0.0450. The van der Waals surface area contributed by atoms with Crippen LogP contribution in [0.3, 0.4) is 0 Å². The highest BCUT2D eigenvalue weighted by atomic mass is 32.1. The molecule has 1 atom stereocenters. The molecule has 4 nitrogen and oxygen atoms in total. The van der Waals surface area contributed by atoms with Gasteiger partial charge in [0.05, 0.1) is 5.01 Å². The summed E-state index contributed by atoms with van der Waals surface area (Å²) in [4.78, 5) is 18.5. The van der Waals surface area contributed by atoms with Crippen molar-refractivity contribution in [2.45, 2.75) is 33.1 Å². The van der Waals surface area contributed by atoms with Crippen molar-refractivity contribution in [2.75, 3.05) is 26.2 Å². The molecular weight excluding hydrogens is 258 g/mol. The number of piperidine rings is 1. The SMILES string of the molecule is Cc1nc(C(=O)NCCCN2CCC[C@@H](C)C2)cs1. The minimum atomic E-state index is -0.0450. The Hall–Kier alpha value is -0.940. The van der Waals surface area contributed by atoms with Crippen LogP contribution in [0.2, 0.25) is 0 Å². The van der Waals surface area contributed by atoms with E-state index in [1.165, 1.54) is 37.3 Å². The zero-order chi connectivity index (χ0) is 13.7. The van der Waals surface area contributed by atoms with Crippen LogP contribution in [0.15, 0.2) is 5.38 Å². The number of hydrogen-bond acceptors (Lipinski definition) is 4. The summed E-state index contributed by atoms with van der Waals surface area (Å²) in [5.74, 6) is 0.776. The fourth-order valence-corrected chi connectivity index (χ4v) is 3.15. The Morgan fingerprint density at radius 3 is 3.16 bits per heavy atom. The molecule has 1 N–H and O–H groups in total. The Morgan fingerprint density at radius 2 is 2.47 bits per heavy atom. The summed E-state index contributed by atoms with van der Waals surface area (Å²) in [6, 6.07) is 0. The van der Waals surface area contributed by atoms with E-state index in [-0.39, 0.29) is 5.91 Å². The number of likely N-dealkylation sites (tertiary alicyclic amines) is 1. The summed E-state index contributed by atoms with van der Waals surface area (Å²) in [5.41, 5.74) is 0.550. The maximum Gasteiger partial charge on any atom is 0.270 e. The second-order valence-corrected chi connectivity index (χ2v) is 6.47. The predicted molar refractivity (Wildman–Crippen MR) is 78.6 cm³/mol. The molecule has 1 amide bonds. The first-order valence-corrected chi connectivity index (χ1v) is 7.96. The zero-order valence-corrected chi connectivity index (χ0v) is 12.6. The number of nitrogens with zero attached hydrogens (tertiary/aromatic N) is 2. The maximum absolute atomic E-state index is 11.8. The molecule has 1 saturated heterocycles. The van der Waals surface area contributed by atoms with Crippen molar-refractivity contribution in [1.82, 2.24) is 15.2 Å². The van der Waals surface area contributed by atoms with E-state index in [1.54, 1.807) is 0 Å². The molecule has 0 unspecified atom stereocenters. The third-order valence-corrected chi connectivity index (χ3v) is 4.30. The highest BCUT2D eigenvalue weighted by Crippen LogP contribution is 2.15. The Morgan fingerprint density at radius 1 is 1.63 bits per heavy atom. The molecule has 1 aromatic heterocycles. The van der Waals surface area contributed by atoms with Crippen molar-refractivity contribution in [3.8, 4) is 0 Å². The first kappa shape index (κ1) is 14.5. The van der Waals surface area contributed by atoms with Gasteiger partial charge in [0.25, 0.3) is 5.91 Å². The van der Waals surface area contributed by atoms with Gasteiger partial charge in [-0.1, -0.05) is 6.92 Å². The van der Waals surface area contributed by atoms with Crippen LogP contribution in [-0.2, 0) is 0 Å². The molecule has 106 valence electrons. The molecule has 0 radical (unpaired) electrons. The van der Waals surface area contributed by atoms with Gasteiger partial charge in [-0.05, 0) is 45.2 Å². The summed E-state index contributed by atoms with van der Waals surface area (Å²) in [6.45, 7) is 8.47. The number of nitrogens with one attached hydrogen (secondary N) is 1. The first-order chi connectivity index (χ1) is 9.15. The Labute approximate surface area is 119 Å². The van der Waals surface area contributed by atoms with Gasteiger partial charge in [0.15, 0.2) is 0 Å². The van der Waals surface area contributed by atoms with Gasteiger partial charge in [-0.2, -0.15) is 0 Å². The fraction of sp³-hybridized carbons (Fsp3) is 0.714. The standard InChI is InChI=1S/C14H23N3OS/c1-11-5-3-7-17(9-11)8-4-6-15-14(18)13-10-19-12(2)16-13/h10-11H,3-9H2,1-2H3,(H,15,18)/t11-/m1/s1. The number of carbonyl (C=O) groups excluding carboxylic acids is 1. The fourth-order valence-electron chi connectivity index (χ4n) is 2.55. The topological polar surface area (TPSA) is 45.2 Å². The van der Waals surface area contributed by atoms with Crippen LogP contribution >= 0.6 is 11.3 Å². The van der Waals surface area contributed by atoms with Crippen LogP contribution in [0.25, 0.3) is 0 Å². The molecule has 0 bridgehead atoms. The summed E-state index contributed by atoms with van der Waals surface area (Å²) in [5, 5.41) is 5.70. The van der Waals surface area contributed by atoms with E-state index in [2.05, 4.69) is 22.1 Å². The summed E-state index contributed by atoms with van der Waals surface area (Å²) >= 11 is 1.51. The average molecular weight is 281 g/mol. The number of aromatic nitrogens is 1. The van der Waals surface area contributed by atoms with Crippen molar-refractivity contribution >= 4 is 17.2 Å². The Bertz CT molecular complexity index is 419. The summed E-state index contributed by atoms with van der Waals surface area (Å²) in [6.07, 6.45) is 3.68. The first-order valence-electron chi connectivity index (χ1n) is 7.08. The van der Waals surface area contributed by atoms with Crippen LogP contribution in [-0.4, -0.2) is 42.0 Å². The molecule has 2 rings (SSSR count). The van der Waals surface area contributed by atoms with E-state index < -0.39 is 0 Å². The van der Waals surface area contributed by atoms with Gasteiger partial charge in [-0.25, -0.2) is 4.98 Å². The molecule has 5 heteroatoms. The van der Waals surface area contributed by atoms with E-state index in [4.69, 9.17) is 0 Å². The number of carbonyl (C=O) groups is 1. The second-order valence-electron chi connectivity index (χ2n) is 5.41. The normalized spacial score (nSPS) is 20.4. The molecule has 1 aromatic rings. The van der Waals surface area contributed by atoms with Gasteiger partial charge in [-0.3, -0.25) is 4.79 Å². The van der Waals surface area contributed by atoms with E-state index in [0.29, 0.717) is 5.69 Å². The number of amides is 1. The largest absolute Gasteiger partial charge is 0.351 e. The lowest BCUT2D eigenvalue weighted by Crippen LogP contribution is -2.36. The molecule has 1 aliphatic rings. The number of thiazole rings is 1. The zero-order valence-electron chi connectivity index (χ0n) is 11.8. The third kappa shape index (κ3) is 4.58. The number of rotatable bonds is 5. The highest BCUT2D eigenvalue weighted by molar-refractivity contribution is 7.09. The smallest absolute Gasteiger partial charge is 0.270 e. The Kier molecular flexibility index (Phi) is 5.34. The lowest BCUT2D eigenvalue weighted by Gasteiger charge is -2.30. The quantitative estimate of drug-likeness (QED) is 0.842. The van der Waals surface area contributed by atoms with Crippen LogP contribution < -0.4 is 5.32 Å². The minimum Gasteiger partial charge on any atom is -0.351 e. The van der Waals surface area contributed by atoms with Crippen LogP contribution in [0.1, 0.15) is 41.7 Å².